The first kappa shape index (κ1) is 10.0. The van der Waals surface area contributed by atoms with E-state index in [0.29, 0.717) is 4.70 Å². The summed E-state index contributed by atoms with van der Waals surface area (Å²) in [7, 11) is 1.81. The highest BCUT2D eigenvalue weighted by Gasteiger charge is 2.41. The van der Waals surface area contributed by atoms with E-state index in [1.807, 2.05) is 13.1 Å². The van der Waals surface area contributed by atoms with Crippen LogP contribution in [0.3, 0.4) is 0 Å². The van der Waals surface area contributed by atoms with Gasteiger partial charge in [-0.15, -0.1) is 0 Å². The fraction of sp³-hybridized carbons (Fsp3) is 0.417. The Balaban J connectivity index is 2.29. The van der Waals surface area contributed by atoms with Crippen molar-refractivity contribution in [2.45, 2.75) is 25.2 Å². The third-order valence-electron chi connectivity index (χ3n) is 3.36. The van der Waals surface area contributed by atoms with Gasteiger partial charge < -0.3 is 5.32 Å². The predicted molar refractivity (Wildman–Crippen MR) is 65.7 cm³/mol. The molecule has 1 aromatic heterocycles. The van der Waals surface area contributed by atoms with Crippen LogP contribution >= 0.6 is 11.3 Å². The number of nitrogens with zero attached hydrogens (tertiary/aromatic N) is 1. The van der Waals surface area contributed by atoms with Crippen LogP contribution in [0.4, 0.5) is 9.52 Å². The number of aromatic nitrogens is 1. The largest absolute Gasteiger partial charge is 0.365 e. The van der Waals surface area contributed by atoms with Crippen LogP contribution in [0.15, 0.2) is 12.1 Å². The molecule has 0 bridgehead atoms. The van der Waals surface area contributed by atoms with Crippen molar-refractivity contribution in [1.29, 1.82) is 0 Å². The van der Waals surface area contributed by atoms with Crippen LogP contribution in [-0.4, -0.2) is 12.0 Å². The molecular weight excluding hydrogens is 223 g/mol. The highest BCUT2D eigenvalue weighted by molar-refractivity contribution is 7.22. The fourth-order valence-electron chi connectivity index (χ4n) is 2.03. The van der Waals surface area contributed by atoms with Gasteiger partial charge in [-0.05, 0) is 29.9 Å². The van der Waals surface area contributed by atoms with E-state index in [-0.39, 0.29) is 11.2 Å². The number of rotatable bonds is 2. The van der Waals surface area contributed by atoms with E-state index in [0.717, 1.165) is 10.6 Å². The highest BCUT2D eigenvalue weighted by atomic mass is 32.1. The third kappa shape index (κ3) is 1.33. The molecule has 1 fully saturated rings. The molecule has 2 aromatic rings. The summed E-state index contributed by atoms with van der Waals surface area (Å²) < 4.78 is 14.3. The minimum absolute atomic E-state index is 0.165. The number of nitrogens with one attached hydrogen (secondary N) is 1. The quantitative estimate of drug-likeness (QED) is 0.862. The minimum atomic E-state index is -0.165. The smallest absolute Gasteiger partial charge is 0.183 e. The lowest BCUT2D eigenvalue weighted by Gasteiger charge is -2.09. The topological polar surface area (TPSA) is 24.9 Å². The van der Waals surface area contributed by atoms with Crippen molar-refractivity contribution in [1.82, 2.24) is 4.98 Å². The third-order valence-corrected chi connectivity index (χ3v) is 4.44. The Hall–Kier alpha value is -1.16. The first-order valence-corrected chi connectivity index (χ1v) is 6.23. The normalized spacial score (nSPS) is 17.7. The average molecular weight is 236 g/mol. The van der Waals surface area contributed by atoms with Gasteiger partial charge in [0.05, 0.1) is 10.2 Å². The van der Waals surface area contributed by atoms with Gasteiger partial charge >= 0.3 is 0 Å². The lowest BCUT2D eigenvalue weighted by molar-refractivity contribution is 0.640. The molecular formula is C12H13FN2S. The Labute approximate surface area is 97.5 Å². The molecule has 0 radical (unpaired) electrons. The van der Waals surface area contributed by atoms with E-state index in [1.54, 1.807) is 6.07 Å². The Bertz CT molecular complexity index is 557. The highest BCUT2D eigenvalue weighted by Crippen LogP contribution is 2.50. The van der Waals surface area contributed by atoms with E-state index in [4.69, 9.17) is 0 Å². The summed E-state index contributed by atoms with van der Waals surface area (Å²) in [5.74, 6) is -0.165. The fourth-order valence-corrected chi connectivity index (χ4v) is 2.88. The van der Waals surface area contributed by atoms with Crippen molar-refractivity contribution in [3.05, 3.63) is 23.5 Å². The zero-order valence-electron chi connectivity index (χ0n) is 9.30. The summed E-state index contributed by atoms with van der Waals surface area (Å²) in [4.78, 5) is 4.47. The first-order chi connectivity index (χ1) is 7.64. The molecule has 16 heavy (non-hydrogen) atoms. The average Bonchev–Trinajstić information content (AvgIpc) is 2.86. The van der Waals surface area contributed by atoms with Gasteiger partial charge in [0, 0.05) is 7.05 Å². The van der Waals surface area contributed by atoms with Gasteiger partial charge in [-0.2, -0.15) is 0 Å². The molecule has 1 saturated carbocycles. The SMILES string of the molecule is CNc1nc2c(C3(C)CC3)ccc(F)c2s1. The Morgan fingerprint density at radius 1 is 1.44 bits per heavy atom. The summed E-state index contributed by atoms with van der Waals surface area (Å²) >= 11 is 1.38. The van der Waals surface area contributed by atoms with Gasteiger partial charge in [0.1, 0.15) is 5.82 Å². The molecule has 0 saturated heterocycles. The molecule has 3 rings (SSSR count). The van der Waals surface area contributed by atoms with Gasteiger partial charge in [0.15, 0.2) is 5.13 Å². The van der Waals surface area contributed by atoms with Gasteiger partial charge in [-0.25, -0.2) is 9.37 Å². The second kappa shape index (κ2) is 3.17. The standard InChI is InChI=1S/C12H13FN2S/c1-12(5-6-12)7-3-4-8(13)10-9(7)15-11(14-2)16-10/h3-4H,5-6H2,1-2H3,(H,14,15). The number of hydrogen-bond donors (Lipinski definition) is 1. The Kier molecular flexibility index (Phi) is 1.98. The molecule has 1 aliphatic rings. The molecule has 2 nitrogen and oxygen atoms in total. The zero-order chi connectivity index (χ0) is 11.3. The zero-order valence-corrected chi connectivity index (χ0v) is 10.1. The second-order valence-corrected chi connectivity index (χ2v) is 5.60. The molecule has 1 N–H and O–H groups in total. The van der Waals surface area contributed by atoms with Crippen LogP contribution < -0.4 is 5.32 Å². The van der Waals surface area contributed by atoms with Crippen LogP contribution in [0.25, 0.3) is 10.2 Å². The molecule has 1 aliphatic carbocycles. The number of fused-ring (bicyclic) bond motifs is 1. The van der Waals surface area contributed by atoms with Crippen molar-refractivity contribution < 1.29 is 4.39 Å². The summed E-state index contributed by atoms with van der Waals surface area (Å²) in [6.45, 7) is 2.22. The number of halogens is 1. The van der Waals surface area contributed by atoms with Crippen molar-refractivity contribution in [3.63, 3.8) is 0 Å². The number of hydrogen-bond acceptors (Lipinski definition) is 3. The number of thiazole rings is 1. The lowest BCUT2D eigenvalue weighted by Crippen LogP contribution is -2.01. The molecule has 1 heterocycles. The predicted octanol–water partition coefficient (Wildman–Crippen LogP) is 3.53. The van der Waals surface area contributed by atoms with Crippen molar-refractivity contribution >= 4 is 26.7 Å². The van der Waals surface area contributed by atoms with E-state index < -0.39 is 0 Å². The van der Waals surface area contributed by atoms with Gasteiger partial charge in [0.2, 0.25) is 0 Å². The van der Waals surface area contributed by atoms with Crippen molar-refractivity contribution in [2.75, 3.05) is 12.4 Å². The van der Waals surface area contributed by atoms with Gasteiger partial charge in [-0.3, -0.25) is 0 Å². The Morgan fingerprint density at radius 3 is 2.81 bits per heavy atom. The second-order valence-electron chi connectivity index (χ2n) is 4.60. The molecule has 0 amide bonds. The van der Waals surface area contributed by atoms with Crippen LogP contribution in [0.5, 0.6) is 0 Å². The molecule has 0 aliphatic heterocycles. The van der Waals surface area contributed by atoms with Crippen LogP contribution in [-0.2, 0) is 5.41 Å². The van der Waals surface area contributed by atoms with Crippen LogP contribution in [0.1, 0.15) is 25.3 Å². The number of anilines is 1. The van der Waals surface area contributed by atoms with Crippen LogP contribution in [0, 0.1) is 5.82 Å². The van der Waals surface area contributed by atoms with Crippen molar-refractivity contribution in [3.8, 4) is 0 Å². The first-order valence-electron chi connectivity index (χ1n) is 5.41. The van der Waals surface area contributed by atoms with E-state index in [1.165, 1.54) is 29.7 Å². The maximum atomic E-state index is 13.7. The Morgan fingerprint density at radius 2 is 2.19 bits per heavy atom. The van der Waals surface area contributed by atoms with Gasteiger partial charge in [-0.1, -0.05) is 24.3 Å². The number of benzene rings is 1. The molecule has 84 valence electrons. The molecule has 0 atom stereocenters. The maximum Gasteiger partial charge on any atom is 0.183 e. The van der Waals surface area contributed by atoms with Crippen LogP contribution in [0.2, 0.25) is 0 Å². The maximum absolute atomic E-state index is 13.7. The summed E-state index contributed by atoms with van der Waals surface area (Å²) in [5, 5.41) is 3.77. The minimum Gasteiger partial charge on any atom is -0.365 e. The summed E-state index contributed by atoms with van der Waals surface area (Å²) in [5.41, 5.74) is 2.27. The monoisotopic (exact) mass is 236 g/mol. The molecule has 1 aromatic carbocycles. The summed E-state index contributed by atoms with van der Waals surface area (Å²) in [6.07, 6.45) is 2.36. The molecule has 0 spiro atoms. The lowest BCUT2D eigenvalue weighted by atomic mass is 9.97. The van der Waals surface area contributed by atoms with E-state index in [9.17, 15) is 4.39 Å². The van der Waals surface area contributed by atoms with Gasteiger partial charge in [0.25, 0.3) is 0 Å². The van der Waals surface area contributed by atoms with E-state index >= 15 is 0 Å². The molecule has 0 unspecified atom stereocenters. The van der Waals surface area contributed by atoms with Crippen molar-refractivity contribution in [2.24, 2.45) is 0 Å². The summed E-state index contributed by atoms with van der Waals surface area (Å²) in [6, 6.07) is 3.46. The van der Waals surface area contributed by atoms with E-state index in [2.05, 4.69) is 17.2 Å². The molecule has 4 heteroatoms.